The van der Waals surface area contributed by atoms with E-state index in [4.69, 9.17) is 4.74 Å². The minimum absolute atomic E-state index is 0.127. The highest BCUT2D eigenvalue weighted by atomic mass is 32.1. The zero-order chi connectivity index (χ0) is 16.7. The molecule has 0 aromatic carbocycles. The van der Waals surface area contributed by atoms with Gasteiger partial charge in [-0.05, 0) is 63.1 Å². The van der Waals surface area contributed by atoms with Crippen LogP contribution in [0.3, 0.4) is 0 Å². The zero-order valence-electron chi connectivity index (χ0n) is 14.6. The predicted molar refractivity (Wildman–Crippen MR) is 98.5 cm³/mol. The van der Waals surface area contributed by atoms with E-state index in [1.165, 1.54) is 37.2 Å². The number of aryl methyl sites for hydroxylation is 1. The largest absolute Gasteiger partial charge is 0.381 e. The van der Waals surface area contributed by atoms with Crippen LogP contribution in [-0.2, 0) is 16.0 Å². The second-order valence-electron chi connectivity index (χ2n) is 7.09. The first-order valence-electron chi connectivity index (χ1n) is 9.40. The Bertz CT molecular complexity index is 491. The van der Waals surface area contributed by atoms with E-state index in [-0.39, 0.29) is 11.4 Å². The molecule has 0 bridgehead atoms. The summed E-state index contributed by atoms with van der Waals surface area (Å²) in [6.07, 6.45) is 8.59. The van der Waals surface area contributed by atoms with Crippen LogP contribution in [-0.4, -0.2) is 49.2 Å². The fraction of sp³-hybridized carbons (Fsp3) is 0.737. The molecule has 0 atom stereocenters. The molecular formula is C19H30N2O2S. The number of ether oxygens (including phenoxy) is 1. The van der Waals surface area contributed by atoms with Gasteiger partial charge in [0.2, 0.25) is 5.91 Å². The highest BCUT2D eigenvalue weighted by Crippen LogP contribution is 2.30. The lowest BCUT2D eigenvalue weighted by Crippen LogP contribution is -2.59. The number of nitrogens with zero attached hydrogens (tertiary/aromatic N) is 1. The fourth-order valence-electron chi connectivity index (χ4n) is 3.95. The molecule has 24 heavy (non-hydrogen) atoms. The van der Waals surface area contributed by atoms with Crippen molar-refractivity contribution >= 4 is 17.2 Å². The normalized spacial score (nSPS) is 21.5. The van der Waals surface area contributed by atoms with E-state index >= 15 is 0 Å². The lowest BCUT2D eigenvalue weighted by molar-refractivity contribution is -0.122. The number of thiophene rings is 1. The molecule has 3 heterocycles. The van der Waals surface area contributed by atoms with Gasteiger partial charge in [-0.2, -0.15) is 0 Å². The standard InChI is InChI=1S/C19H30N2O2S/c22-18(8-4-6-17-7-5-15-24-17)20-16-19(9-13-23-14-10-19)21-11-2-1-3-12-21/h5,7,15H,1-4,6,8-14,16H2,(H,20,22). The van der Waals surface area contributed by atoms with Gasteiger partial charge in [-0.3, -0.25) is 9.69 Å². The van der Waals surface area contributed by atoms with Crippen molar-refractivity contribution < 1.29 is 9.53 Å². The van der Waals surface area contributed by atoms with E-state index in [0.29, 0.717) is 6.42 Å². The molecule has 0 aliphatic carbocycles. The van der Waals surface area contributed by atoms with Crippen LogP contribution in [0.2, 0.25) is 0 Å². The quantitative estimate of drug-likeness (QED) is 0.821. The minimum atomic E-state index is 0.127. The first-order valence-corrected chi connectivity index (χ1v) is 10.3. The van der Waals surface area contributed by atoms with Crippen molar-refractivity contribution in [2.45, 2.75) is 56.9 Å². The van der Waals surface area contributed by atoms with E-state index in [9.17, 15) is 4.79 Å². The lowest BCUT2D eigenvalue weighted by Gasteiger charge is -2.48. The molecule has 2 saturated heterocycles. The number of likely N-dealkylation sites (tertiary alicyclic amines) is 1. The molecule has 1 aromatic heterocycles. The second-order valence-corrected chi connectivity index (χ2v) is 8.13. The number of piperidine rings is 1. The van der Waals surface area contributed by atoms with Crippen molar-refractivity contribution in [3.8, 4) is 0 Å². The summed E-state index contributed by atoms with van der Waals surface area (Å²) in [5, 5.41) is 5.34. The van der Waals surface area contributed by atoms with Crippen molar-refractivity contribution in [1.29, 1.82) is 0 Å². The van der Waals surface area contributed by atoms with Gasteiger partial charge >= 0.3 is 0 Å². The fourth-order valence-corrected chi connectivity index (χ4v) is 4.71. The topological polar surface area (TPSA) is 41.6 Å². The first kappa shape index (κ1) is 17.9. The Morgan fingerprint density at radius 2 is 2.04 bits per heavy atom. The van der Waals surface area contributed by atoms with E-state index < -0.39 is 0 Å². The number of amides is 1. The number of hydrogen-bond donors (Lipinski definition) is 1. The summed E-state index contributed by atoms with van der Waals surface area (Å²) >= 11 is 1.78. The molecule has 5 heteroatoms. The summed E-state index contributed by atoms with van der Waals surface area (Å²) in [4.78, 5) is 16.3. The van der Waals surface area contributed by atoms with E-state index in [2.05, 4.69) is 27.7 Å². The summed E-state index contributed by atoms with van der Waals surface area (Å²) in [6, 6.07) is 4.23. The van der Waals surface area contributed by atoms with Crippen molar-refractivity contribution in [3.63, 3.8) is 0 Å². The molecule has 2 aliphatic rings. The number of carbonyl (C=O) groups is 1. The van der Waals surface area contributed by atoms with E-state index in [1.54, 1.807) is 11.3 Å². The third kappa shape index (κ3) is 4.80. The monoisotopic (exact) mass is 350 g/mol. The van der Waals surface area contributed by atoms with Crippen LogP contribution in [0.4, 0.5) is 0 Å². The first-order chi connectivity index (χ1) is 11.8. The van der Waals surface area contributed by atoms with Gasteiger partial charge in [-0.1, -0.05) is 12.5 Å². The predicted octanol–water partition coefficient (Wildman–Crippen LogP) is 3.22. The van der Waals surface area contributed by atoms with Gasteiger partial charge in [0.15, 0.2) is 0 Å². The third-order valence-corrected chi connectivity index (χ3v) is 6.41. The van der Waals surface area contributed by atoms with Crippen LogP contribution in [0.15, 0.2) is 17.5 Å². The molecule has 0 radical (unpaired) electrons. The van der Waals surface area contributed by atoms with Crippen molar-refractivity contribution in [3.05, 3.63) is 22.4 Å². The maximum absolute atomic E-state index is 12.3. The summed E-state index contributed by atoms with van der Waals surface area (Å²) in [7, 11) is 0. The highest BCUT2D eigenvalue weighted by Gasteiger charge is 2.39. The molecule has 2 fully saturated rings. The average molecular weight is 351 g/mol. The van der Waals surface area contributed by atoms with Gasteiger partial charge < -0.3 is 10.1 Å². The van der Waals surface area contributed by atoms with Gasteiger partial charge in [-0.25, -0.2) is 0 Å². The molecule has 0 unspecified atom stereocenters. The highest BCUT2D eigenvalue weighted by molar-refractivity contribution is 7.09. The maximum Gasteiger partial charge on any atom is 0.220 e. The van der Waals surface area contributed by atoms with Crippen molar-refractivity contribution in [1.82, 2.24) is 10.2 Å². The molecule has 2 aliphatic heterocycles. The Kier molecular flexibility index (Phi) is 6.69. The average Bonchev–Trinajstić information content (AvgIpc) is 3.15. The molecular weight excluding hydrogens is 320 g/mol. The van der Waals surface area contributed by atoms with Crippen LogP contribution in [0, 0.1) is 0 Å². The van der Waals surface area contributed by atoms with E-state index in [0.717, 1.165) is 45.4 Å². The smallest absolute Gasteiger partial charge is 0.220 e. The minimum Gasteiger partial charge on any atom is -0.381 e. The van der Waals surface area contributed by atoms with Crippen LogP contribution < -0.4 is 5.32 Å². The van der Waals surface area contributed by atoms with Gasteiger partial charge in [0.1, 0.15) is 0 Å². The summed E-state index contributed by atoms with van der Waals surface area (Å²) < 4.78 is 5.59. The maximum atomic E-state index is 12.3. The Labute approximate surface area is 149 Å². The third-order valence-electron chi connectivity index (χ3n) is 5.47. The second kappa shape index (κ2) is 8.97. The van der Waals surface area contributed by atoms with Crippen LogP contribution >= 0.6 is 11.3 Å². The molecule has 1 N–H and O–H groups in total. The van der Waals surface area contributed by atoms with Gasteiger partial charge in [0.05, 0.1) is 0 Å². The molecule has 1 aromatic rings. The van der Waals surface area contributed by atoms with Gasteiger partial charge in [-0.15, -0.1) is 11.3 Å². The molecule has 1 amide bonds. The molecule has 134 valence electrons. The summed E-state index contributed by atoms with van der Waals surface area (Å²) in [5.74, 6) is 0.203. The number of hydrogen-bond acceptors (Lipinski definition) is 4. The molecule has 0 saturated carbocycles. The summed E-state index contributed by atoms with van der Waals surface area (Å²) in [6.45, 7) is 4.78. The molecule has 4 nitrogen and oxygen atoms in total. The lowest BCUT2D eigenvalue weighted by atomic mass is 9.86. The van der Waals surface area contributed by atoms with Crippen LogP contribution in [0.25, 0.3) is 0 Å². The SMILES string of the molecule is O=C(CCCc1cccs1)NCC1(N2CCCCC2)CCOCC1. The van der Waals surface area contributed by atoms with Crippen molar-refractivity contribution in [2.24, 2.45) is 0 Å². The molecule has 0 spiro atoms. The van der Waals surface area contributed by atoms with Crippen LogP contribution in [0.1, 0.15) is 49.8 Å². The number of carbonyl (C=O) groups excluding carboxylic acids is 1. The number of nitrogens with one attached hydrogen (secondary N) is 1. The Hall–Kier alpha value is -0.910. The van der Waals surface area contributed by atoms with Gasteiger partial charge in [0, 0.05) is 36.6 Å². The Morgan fingerprint density at radius 3 is 2.75 bits per heavy atom. The Morgan fingerprint density at radius 1 is 1.25 bits per heavy atom. The van der Waals surface area contributed by atoms with Gasteiger partial charge in [0.25, 0.3) is 0 Å². The van der Waals surface area contributed by atoms with Crippen LogP contribution in [0.5, 0.6) is 0 Å². The summed E-state index contributed by atoms with van der Waals surface area (Å²) in [5.41, 5.74) is 0.127. The Balaban J connectivity index is 1.46. The van der Waals surface area contributed by atoms with E-state index in [1.807, 2.05) is 0 Å². The molecule has 3 rings (SSSR count). The zero-order valence-corrected chi connectivity index (χ0v) is 15.4. The number of rotatable bonds is 7. The van der Waals surface area contributed by atoms with Crippen molar-refractivity contribution in [2.75, 3.05) is 32.8 Å².